The highest BCUT2D eigenvalue weighted by Gasteiger charge is 2.06. The van der Waals surface area contributed by atoms with Crippen LogP contribution in [0.1, 0.15) is 26.7 Å². The molecule has 0 aliphatic rings. The maximum absolute atomic E-state index is 8.62. The van der Waals surface area contributed by atoms with E-state index in [0.717, 1.165) is 12.8 Å². The number of aliphatic hydroxyl groups excluding tert-OH is 1. The summed E-state index contributed by atoms with van der Waals surface area (Å²) in [6.07, 6.45) is 1.85. The summed E-state index contributed by atoms with van der Waals surface area (Å²) in [5.74, 6) is 0. The van der Waals surface area contributed by atoms with Gasteiger partial charge in [0.1, 0.15) is 0 Å². The molecule has 0 aliphatic carbocycles. The molecule has 4 N–H and O–H groups in total. The molecule has 0 spiro atoms. The molecule has 11 heavy (non-hydrogen) atoms. The van der Waals surface area contributed by atoms with E-state index in [4.69, 9.17) is 10.8 Å². The average Bonchev–Trinajstić information content (AvgIpc) is 2.01. The fourth-order valence-corrected chi connectivity index (χ4v) is 1.03. The third kappa shape index (κ3) is 5.18. The van der Waals surface area contributed by atoms with Gasteiger partial charge in [0.2, 0.25) is 0 Å². The minimum atomic E-state index is 0.245. The van der Waals surface area contributed by atoms with Crippen LogP contribution < -0.4 is 11.1 Å². The summed E-state index contributed by atoms with van der Waals surface area (Å²) in [5.41, 5.74) is 5.50. The van der Waals surface area contributed by atoms with Gasteiger partial charge in [0.25, 0.3) is 0 Å². The van der Waals surface area contributed by atoms with E-state index in [-0.39, 0.29) is 6.61 Å². The molecule has 0 rings (SSSR count). The Morgan fingerprint density at radius 2 is 2.18 bits per heavy atom. The van der Waals surface area contributed by atoms with Crippen molar-refractivity contribution in [2.24, 2.45) is 5.73 Å². The number of nitrogens with one attached hydrogen (secondary N) is 1. The van der Waals surface area contributed by atoms with Gasteiger partial charge in [-0.1, -0.05) is 6.92 Å². The molecule has 0 aromatic carbocycles. The first-order chi connectivity index (χ1) is 5.24. The van der Waals surface area contributed by atoms with Crippen LogP contribution in [-0.4, -0.2) is 30.3 Å². The molecule has 2 unspecified atom stereocenters. The molecule has 0 saturated heterocycles. The third-order valence-corrected chi connectivity index (χ3v) is 1.86. The van der Waals surface area contributed by atoms with Crippen LogP contribution in [0.3, 0.4) is 0 Å². The van der Waals surface area contributed by atoms with Gasteiger partial charge in [-0.2, -0.15) is 0 Å². The van der Waals surface area contributed by atoms with Crippen LogP contribution >= 0.6 is 0 Å². The molecule has 3 nitrogen and oxygen atoms in total. The molecular weight excluding hydrogens is 140 g/mol. The summed E-state index contributed by atoms with van der Waals surface area (Å²) in [5, 5.41) is 12.0. The van der Waals surface area contributed by atoms with E-state index in [1.54, 1.807) is 0 Å². The molecule has 0 aliphatic heterocycles. The van der Waals surface area contributed by atoms with Crippen molar-refractivity contribution in [3.63, 3.8) is 0 Å². The first-order valence-corrected chi connectivity index (χ1v) is 4.31. The highest BCUT2D eigenvalue weighted by atomic mass is 16.3. The Morgan fingerprint density at radius 3 is 2.55 bits per heavy atom. The zero-order valence-electron chi connectivity index (χ0n) is 7.51. The fourth-order valence-electron chi connectivity index (χ4n) is 1.03. The molecule has 0 fully saturated rings. The Hall–Kier alpha value is -0.120. The summed E-state index contributed by atoms with van der Waals surface area (Å²) < 4.78 is 0. The molecule has 0 aromatic heterocycles. The summed E-state index contributed by atoms with van der Waals surface area (Å²) in [7, 11) is 0. The van der Waals surface area contributed by atoms with Crippen LogP contribution in [0.2, 0.25) is 0 Å². The Balaban J connectivity index is 3.44. The maximum Gasteiger partial charge on any atom is 0.0445 e. The van der Waals surface area contributed by atoms with Crippen LogP contribution in [0, 0.1) is 0 Å². The topological polar surface area (TPSA) is 58.3 Å². The predicted molar refractivity (Wildman–Crippen MR) is 47.4 cm³/mol. The number of hydrogen-bond donors (Lipinski definition) is 3. The highest BCUT2D eigenvalue weighted by molar-refractivity contribution is 4.70. The predicted octanol–water partition coefficient (Wildman–Crippen LogP) is 0.0842. The summed E-state index contributed by atoms with van der Waals surface area (Å²) in [6.45, 7) is 5.09. The van der Waals surface area contributed by atoms with Crippen molar-refractivity contribution in [1.29, 1.82) is 0 Å². The van der Waals surface area contributed by atoms with Crippen LogP contribution in [0.5, 0.6) is 0 Å². The van der Waals surface area contributed by atoms with Gasteiger partial charge in [-0.25, -0.2) is 0 Å². The number of nitrogens with two attached hydrogens (primary N) is 1. The minimum Gasteiger partial charge on any atom is -0.396 e. The highest BCUT2D eigenvalue weighted by Crippen LogP contribution is 1.94. The SMILES string of the molecule is CCC(CN)NC(C)CCO. The molecule has 0 heterocycles. The molecule has 0 aromatic rings. The number of hydrogen-bond acceptors (Lipinski definition) is 3. The van der Waals surface area contributed by atoms with Crippen LogP contribution in [0.25, 0.3) is 0 Å². The lowest BCUT2D eigenvalue weighted by molar-refractivity contribution is 0.262. The normalized spacial score (nSPS) is 16.4. The van der Waals surface area contributed by atoms with E-state index in [0.29, 0.717) is 18.6 Å². The number of rotatable bonds is 6. The largest absolute Gasteiger partial charge is 0.396 e. The zero-order chi connectivity index (χ0) is 8.69. The molecule has 0 saturated carbocycles. The first-order valence-electron chi connectivity index (χ1n) is 4.31. The fraction of sp³-hybridized carbons (Fsp3) is 1.00. The van der Waals surface area contributed by atoms with E-state index < -0.39 is 0 Å². The zero-order valence-corrected chi connectivity index (χ0v) is 7.51. The second-order valence-corrected chi connectivity index (χ2v) is 2.92. The van der Waals surface area contributed by atoms with E-state index in [1.807, 2.05) is 0 Å². The molecule has 2 atom stereocenters. The lowest BCUT2D eigenvalue weighted by Gasteiger charge is -2.19. The molecular formula is C8H20N2O. The lowest BCUT2D eigenvalue weighted by Crippen LogP contribution is -2.41. The quantitative estimate of drug-likeness (QED) is 0.516. The summed E-state index contributed by atoms with van der Waals surface area (Å²) in [6, 6.07) is 0.769. The first kappa shape index (κ1) is 10.9. The van der Waals surface area contributed by atoms with Crippen molar-refractivity contribution in [1.82, 2.24) is 5.32 Å². The van der Waals surface area contributed by atoms with Gasteiger partial charge >= 0.3 is 0 Å². The monoisotopic (exact) mass is 160 g/mol. The van der Waals surface area contributed by atoms with E-state index in [1.165, 1.54) is 0 Å². The minimum absolute atomic E-state index is 0.245. The molecule has 0 radical (unpaired) electrons. The average molecular weight is 160 g/mol. The Kier molecular flexibility index (Phi) is 6.51. The van der Waals surface area contributed by atoms with Gasteiger partial charge in [-0.05, 0) is 19.8 Å². The third-order valence-electron chi connectivity index (χ3n) is 1.86. The summed E-state index contributed by atoms with van der Waals surface area (Å²) >= 11 is 0. The van der Waals surface area contributed by atoms with E-state index >= 15 is 0 Å². The molecule has 0 amide bonds. The van der Waals surface area contributed by atoms with Crippen molar-refractivity contribution < 1.29 is 5.11 Å². The van der Waals surface area contributed by atoms with Crippen molar-refractivity contribution in [3.8, 4) is 0 Å². The van der Waals surface area contributed by atoms with Gasteiger partial charge in [0.05, 0.1) is 0 Å². The smallest absolute Gasteiger partial charge is 0.0445 e. The van der Waals surface area contributed by atoms with Crippen LogP contribution in [-0.2, 0) is 0 Å². The van der Waals surface area contributed by atoms with Gasteiger partial charge in [-0.15, -0.1) is 0 Å². The van der Waals surface area contributed by atoms with E-state index in [2.05, 4.69) is 19.2 Å². The van der Waals surface area contributed by atoms with Crippen LogP contribution in [0.15, 0.2) is 0 Å². The Bertz CT molecular complexity index is 84.2. The Labute approximate surface area is 69.0 Å². The standard InChI is InChI=1S/C8H20N2O/c1-3-8(6-9)10-7(2)4-5-11/h7-8,10-11H,3-6,9H2,1-2H3. The van der Waals surface area contributed by atoms with Gasteiger partial charge in [0, 0.05) is 25.2 Å². The molecule has 3 heteroatoms. The van der Waals surface area contributed by atoms with Gasteiger partial charge < -0.3 is 16.2 Å². The lowest BCUT2D eigenvalue weighted by atomic mass is 10.1. The molecule has 68 valence electrons. The second-order valence-electron chi connectivity index (χ2n) is 2.92. The Morgan fingerprint density at radius 1 is 1.55 bits per heavy atom. The van der Waals surface area contributed by atoms with Gasteiger partial charge in [-0.3, -0.25) is 0 Å². The van der Waals surface area contributed by atoms with Crippen LogP contribution in [0.4, 0.5) is 0 Å². The maximum atomic E-state index is 8.62. The van der Waals surface area contributed by atoms with Crippen molar-refractivity contribution in [2.75, 3.05) is 13.2 Å². The van der Waals surface area contributed by atoms with E-state index in [9.17, 15) is 0 Å². The van der Waals surface area contributed by atoms with Gasteiger partial charge in [0.15, 0.2) is 0 Å². The van der Waals surface area contributed by atoms with Crippen molar-refractivity contribution >= 4 is 0 Å². The number of aliphatic hydroxyl groups is 1. The molecule has 0 bridgehead atoms. The summed E-state index contributed by atoms with van der Waals surface area (Å²) in [4.78, 5) is 0. The van der Waals surface area contributed by atoms with Crippen molar-refractivity contribution in [2.45, 2.75) is 38.8 Å². The second kappa shape index (κ2) is 6.58. The van der Waals surface area contributed by atoms with Crippen molar-refractivity contribution in [3.05, 3.63) is 0 Å².